The van der Waals surface area contributed by atoms with Gasteiger partial charge in [-0.05, 0) is 19.1 Å². The lowest BCUT2D eigenvalue weighted by atomic mass is 10.1. The van der Waals surface area contributed by atoms with Crippen LogP contribution in [0.25, 0.3) is 11.3 Å². The number of carbonyl (C=O) groups excluding carboxylic acids is 2. The van der Waals surface area contributed by atoms with Crippen LogP contribution in [0.4, 0.5) is 5.13 Å². The molecule has 0 aliphatic heterocycles. The molecule has 150 valence electrons. The molecule has 8 nitrogen and oxygen atoms in total. The number of esters is 1. The lowest BCUT2D eigenvalue weighted by molar-refractivity contribution is -0.142. The van der Waals surface area contributed by atoms with Gasteiger partial charge in [0.05, 0.1) is 30.7 Å². The quantitative estimate of drug-likeness (QED) is 0.576. The van der Waals surface area contributed by atoms with E-state index in [2.05, 4.69) is 15.3 Å². The van der Waals surface area contributed by atoms with Crippen molar-refractivity contribution in [2.45, 2.75) is 19.9 Å². The molecule has 10 heteroatoms. The molecule has 0 atom stereocenters. The summed E-state index contributed by atoms with van der Waals surface area (Å²) in [7, 11) is 0. The molecule has 3 rings (SSSR count). The van der Waals surface area contributed by atoms with Gasteiger partial charge in [-0.15, -0.1) is 11.3 Å². The predicted octanol–water partition coefficient (Wildman–Crippen LogP) is 2.76. The minimum atomic E-state index is -0.426. The van der Waals surface area contributed by atoms with Crippen LogP contribution < -0.4 is 10.9 Å². The number of halogens is 1. The Morgan fingerprint density at radius 2 is 2.03 bits per heavy atom. The average molecular weight is 433 g/mol. The molecule has 2 aromatic heterocycles. The molecular formula is C19H17ClN4O4S. The van der Waals surface area contributed by atoms with Crippen molar-refractivity contribution in [3.05, 3.63) is 63.1 Å². The van der Waals surface area contributed by atoms with E-state index in [1.165, 1.54) is 28.3 Å². The molecule has 0 unspecified atom stereocenters. The number of rotatable bonds is 7. The summed E-state index contributed by atoms with van der Waals surface area (Å²) >= 11 is 7.05. The second-order valence-electron chi connectivity index (χ2n) is 5.92. The van der Waals surface area contributed by atoms with Gasteiger partial charge in [0.1, 0.15) is 6.54 Å². The predicted molar refractivity (Wildman–Crippen MR) is 110 cm³/mol. The van der Waals surface area contributed by atoms with Crippen LogP contribution in [-0.4, -0.2) is 33.0 Å². The summed E-state index contributed by atoms with van der Waals surface area (Å²) in [6.45, 7) is 1.81. The van der Waals surface area contributed by atoms with Crippen LogP contribution >= 0.6 is 22.9 Å². The number of benzene rings is 1. The van der Waals surface area contributed by atoms with E-state index >= 15 is 0 Å². The van der Waals surface area contributed by atoms with Crippen molar-refractivity contribution in [1.82, 2.24) is 14.5 Å². The number of aromatic nitrogens is 3. The first kappa shape index (κ1) is 20.7. The van der Waals surface area contributed by atoms with Crippen molar-refractivity contribution >= 4 is 39.9 Å². The van der Waals surface area contributed by atoms with E-state index in [4.69, 9.17) is 16.3 Å². The Balaban J connectivity index is 1.62. The molecule has 3 aromatic rings. The standard InChI is InChI=1S/C19H17ClN4O4S/c1-2-28-18(27)7-14-10-29-19(22-14)23-16(25)9-24-11-21-15(8-17(24)26)12-3-5-13(20)6-4-12/h3-6,8,10-11H,2,7,9H2,1H3,(H,22,23,25). The van der Waals surface area contributed by atoms with Gasteiger partial charge in [0.25, 0.3) is 5.56 Å². The molecule has 0 saturated carbocycles. The van der Waals surface area contributed by atoms with Crippen molar-refractivity contribution in [2.75, 3.05) is 11.9 Å². The Hall–Kier alpha value is -3.04. The highest BCUT2D eigenvalue weighted by atomic mass is 35.5. The zero-order chi connectivity index (χ0) is 20.8. The van der Waals surface area contributed by atoms with Crippen LogP contribution in [0.15, 0.2) is 46.8 Å². The summed E-state index contributed by atoms with van der Waals surface area (Å²) in [6.07, 6.45) is 1.36. The molecule has 0 radical (unpaired) electrons. The van der Waals surface area contributed by atoms with Gasteiger partial charge in [-0.25, -0.2) is 9.97 Å². The zero-order valence-electron chi connectivity index (χ0n) is 15.4. The van der Waals surface area contributed by atoms with Crippen molar-refractivity contribution in [3.63, 3.8) is 0 Å². The SMILES string of the molecule is CCOC(=O)Cc1csc(NC(=O)Cn2cnc(-c3ccc(Cl)cc3)cc2=O)n1. The number of amides is 1. The normalized spacial score (nSPS) is 10.6. The minimum Gasteiger partial charge on any atom is -0.466 e. The van der Waals surface area contributed by atoms with Gasteiger partial charge in [-0.1, -0.05) is 23.7 Å². The second-order valence-corrected chi connectivity index (χ2v) is 7.22. The third-order valence-corrected chi connectivity index (χ3v) is 4.82. The van der Waals surface area contributed by atoms with Gasteiger partial charge >= 0.3 is 5.97 Å². The Morgan fingerprint density at radius 1 is 1.28 bits per heavy atom. The molecule has 0 spiro atoms. The molecule has 0 aliphatic rings. The number of carbonyl (C=O) groups is 2. The Labute approximate surface area is 175 Å². The third kappa shape index (κ3) is 5.72. The molecule has 0 aliphatic carbocycles. The first-order valence-electron chi connectivity index (χ1n) is 8.67. The summed E-state index contributed by atoms with van der Waals surface area (Å²) in [5.41, 5.74) is 1.39. The summed E-state index contributed by atoms with van der Waals surface area (Å²) in [4.78, 5) is 44.4. The zero-order valence-corrected chi connectivity index (χ0v) is 17.0. The van der Waals surface area contributed by atoms with Crippen LogP contribution in [0.5, 0.6) is 0 Å². The summed E-state index contributed by atoms with van der Waals surface area (Å²) in [6, 6.07) is 8.30. The Bertz CT molecular complexity index is 1080. The summed E-state index contributed by atoms with van der Waals surface area (Å²) in [5.74, 6) is -0.806. The van der Waals surface area contributed by atoms with E-state index in [1.54, 1.807) is 36.6 Å². The molecule has 1 N–H and O–H groups in total. The van der Waals surface area contributed by atoms with Gasteiger partial charge in [0.2, 0.25) is 5.91 Å². The number of hydrogen-bond donors (Lipinski definition) is 1. The first-order valence-corrected chi connectivity index (χ1v) is 9.92. The van der Waals surface area contributed by atoms with Gasteiger partial charge in [0.15, 0.2) is 5.13 Å². The third-order valence-electron chi connectivity index (χ3n) is 3.76. The number of anilines is 1. The number of hydrogen-bond acceptors (Lipinski definition) is 7. The van der Waals surface area contributed by atoms with E-state index in [0.29, 0.717) is 28.1 Å². The van der Waals surface area contributed by atoms with Crippen molar-refractivity contribution < 1.29 is 14.3 Å². The molecule has 0 bridgehead atoms. The maximum Gasteiger partial charge on any atom is 0.311 e. The largest absolute Gasteiger partial charge is 0.466 e. The van der Waals surface area contributed by atoms with E-state index in [1.807, 2.05) is 0 Å². The van der Waals surface area contributed by atoms with E-state index in [0.717, 1.165) is 5.56 Å². The molecular weight excluding hydrogens is 416 g/mol. The maximum absolute atomic E-state index is 12.3. The molecule has 1 amide bonds. The Kier molecular flexibility index (Phi) is 6.73. The van der Waals surface area contributed by atoms with Crippen LogP contribution in [0, 0.1) is 0 Å². The molecule has 29 heavy (non-hydrogen) atoms. The average Bonchev–Trinajstić information content (AvgIpc) is 3.10. The van der Waals surface area contributed by atoms with E-state index in [-0.39, 0.29) is 24.5 Å². The van der Waals surface area contributed by atoms with E-state index in [9.17, 15) is 14.4 Å². The second kappa shape index (κ2) is 9.44. The van der Waals surface area contributed by atoms with Crippen LogP contribution in [0.1, 0.15) is 12.6 Å². The number of nitrogens with zero attached hydrogens (tertiary/aromatic N) is 3. The lowest BCUT2D eigenvalue weighted by Crippen LogP contribution is -2.27. The summed E-state index contributed by atoms with van der Waals surface area (Å²) < 4.78 is 6.06. The fourth-order valence-electron chi connectivity index (χ4n) is 2.44. The highest BCUT2D eigenvalue weighted by Crippen LogP contribution is 2.18. The summed E-state index contributed by atoms with van der Waals surface area (Å²) in [5, 5.41) is 5.21. The number of nitrogens with one attached hydrogen (secondary N) is 1. The highest BCUT2D eigenvalue weighted by Gasteiger charge is 2.12. The fraction of sp³-hybridized carbons (Fsp3) is 0.211. The maximum atomic E-state index is 12.3. The number of thiazole rings is 1. The van der Waals surface area contributed by atoms with Crippen LogP contribution in [0.3, 0.4) is 0 Å². The van der Waals surface area contributed by atoms with Crippen LogP contribution in [-0.2, 0) is 27.3 Å². The lowest BCUT2D eigenvalue weighted by Gasteiger charge is -2.06. The van der Waals surface area contributed by atoms with Crippen molar-refractivity contribution in [3.8, 4) is 11.3 Å². The van der Waals surface area contributed by atoms with E-state index < -0.39 is 5.91 Å². The van der Waals surface area contributed by atoms with Gasteiger partial charge in [0, 0.05) is 22.0 Å². The smallest absolute Gasteiger partial charge is 0.311 e. The number of ether oxygens (including phenoxy) is 1. The van der Waals surface area contributed by atoms with Gasteiger partial charge in [-0.3, -0.25) is 19.0 Å². The van der Waals surface area contributed by atoms with Gasteiger partial charge in [-0.2, -0.15) is 0 Å². The molecule has 2 heterocycles. The highest BCUT2D eigenvalue weighted by molar-refractivity contribution is 7.13. The molecule has 1 aromatic carbocycles. The molecule has 0 saturated heterocycles. The fourth-order valence-corrected chi connectivity index (χ4v) is 3.29. The van der Waals surface area contributed by atoms with Crippen molar-refractivity contribution in [2.24, 2.45) is 0 Å². The Morgan fingerprint density at radius 3 is 2.72 bits per heavy atom. The van der Waals surface area contributed by atoms with Crippen LogP contribution in [0.2, 0.25) is 5.02 Å². The first-order chi connectivity index (χ1) is 13.9. The monoisotopic (exact) mass is 432 g/mol. The topological polar surface area (TPSA) is 103 Å². The minimum absolute atomic E-state index is 0.0374. The molecule has 0 fully saturated rings. The van der Waals surface area contributed by atoms with Crippen molar-refractivity contribution in [1.29, 1.82) is 0 Å². The van der Waals surface area contributed by atoms with Gasteiger partial charge < -0.3 is 10.1 Å².